The molecule has 1 N–H and O–H groups in total. The highest BCUT2D eigenvalue weighted by molar-refractivity contribution is 6.30. The first kappa shape index (κ1) is 21.5. The summed E-state index contributed by atoms with van der Waals surface area (Å²) in [5, 5.41) is 8.51. The third kappa shape index (κ3) is 4.35. The van der Waals surface area contributed by atoms with E-state index in [2.05, 4.69) is 32.5 Å². The lowest BCUT2D eigenvalue weighted by atomic mass is 9.64. The molecule has 1 saturated carbocycles. The van der Waals surface area contributed by atoms with Gasteiger partial charge < -0.3 is 5.32 Å². The number of benzene rings is 1. The van der Waals surface area contributed by atoms with Gasteiger partial charge in [0.2, 0.25) is 5.91 Å². The van der Waals surface area contributed by atoms with Crippen molar-refractivity contribution in [2.45, 2.75) is 58.8 Å². The zero-order valence-electron chi connectivity index (χ0n) is 18.5. The summed E-state index contributed by atoms with van der Waals surface area (Å²) in [7, 11) is 0. The Kier molecular flexibility index (Phi) is 5.84. The maximum atomic E-state index is 12.8. The fourth-order valence-corrected chi connectivity index (χ4v) is 4.52. The number of halogens is 1. The van der Waals surface area contributed by atoms with Crippen LogP contribution in [0.25, 0.3) is 5.95 Å². The van der Waals surface area contributed by atoms with Crippen LogP contribution in [0.15, 0.2) is 30.3 Å². The number of aromatic nitrogens is 4. The fourth-order valence-electron chi connectivity index (χ4n) is 4.39. The van der Waals surface area contributed by atoms with Gasteiger partial charge in [-0.3, -0.25) is 4.79 Å². The molecule has 1 aliphatic rings. The zero-order valence-corrected chi connectivity index (χ0v) is 19.3. The van der Waals surface area contributed by atoms with Crippen LogP contribution in [0.2, 0.25) is 5.02 Å². The molecule has 0 spiro atoms. The van der Waals surface area contributed by atoms with Crippen LogP contribution < -0.4 is 5.32 Å². The first-order chi connectivity index (χ1) is 14.8. The quantitative estimate of drug-likeness (QED) is 0.622. The Labute approximate surface area is 188 Å². The predicted molar refractivity (Wildman–Crippen MR) is 122 cm³/mol. The number of carbonyl (C=O) groups is 1. The highest BCUT2D eigenvalue weighted by atomic mass is 35.5. The van der Waals surface area contributed by atoms with E-state index < -0.39 is 0 Å². The Morgan fingerprint density at radius 2 is 1.74 bits per heavy atom. The topological polar surface area (TPSA) is 72.7 Å². The van der Waals surface area contributed by atoms with Crippen molar-refractivity contribution in [1.82, 2.24) is 25.1 Å². The molecule has 1 fully saturated rings. The van der Waals surface area contributed by atoms with E-state index in [1.165, 1.54) is 12.0 Å². The van der Waals surface area contributed by atoms with Crippen LogP contribution in [-0.2, 0) is 16.6 Å². The Bertz CT molecular complexity index is 1100. The van der Waals surface area contributed by atoms with Crippen molar-refractivity contribution in [3.63, 3.8) is 0 Å². The molecule has 0 aliphatic heterocycles. The monoisotopic (exact) mass is 437 g/mol. The molecule has 7 heteroatoms. The van der Waals surface area contributed by atoms with E-state index in [1.54, 1.807) is 4.68 Å². The van der Waals surface area contributed by atoms with Gasteiger partial charge in [0.05, 0.1) is 12.1 Å². The Morgan fingerprint density at radius 1 is 1.10 bits per heavy atom. The first-order valence-corrected chi connectivity index (χ1v) is 11.1. The Balaban J connectivity index is 1.48. The van der Waals surface area contributed by atoms with E-state index in [4.69, 9.17) is 11.6 Å². The van der Waals surface area contributed by atoms with E-state index >= 15 is 0 Å². The number of nitrogens with one attached hydrogen (secondary N) is 1. The second-order valence-corrected chi connectivity index (χ2v) is 9.04. The van der Waals surface area contributed by atoms with Gasteiger partial charge in [0.15, 0.2) is 0 Å². The lowest BCUT2D eigenvalue weighted by Gasteiger charge is -2.42. The van der Waals surface area contributed by atoms with Crippen LogP contribution in [-0.4, -0.2) is 32.2 Å². The minimum atomic E-state index is 0.00679. The molecule has 0 bridgehead atoms. The molecule has 1 aliphatic carbocycles. The molecule has 162 valence electrons. The maximum Gasteiger partial charge on any atom is 0.251 e. The number of amides is 1. The van der Waals surface area contributed by atoms with Gasteiger partial charge in [0.25, 0.3) is 5.95 Å². The number of nitrogens with zero attached hydrogens (tertiary/aromatic N) is 4. The highest BCUT2D eigenvalue weighted by Gasteiger charge is 2.38. The molecular weight excluding hydrogens is 410 g/mol. The molecular formula is C24H28ClN5O. The minimum Gasteiger partial charge on any atom is -0.355 e. The van der Waals surface area contributed by atoms with Crippen LogP contribution in [0.3, 0.4) is 0 Å². The van der Waals surface area contributed by atoms with Crippen LogP contribution in [0.4, 0.5) is 0 Å². The summed E-state index contributed by atoms with van der Waals surface area (Å²) in [5.41, 5.74) is 5.69. The second kappa shape index (κ2) is 8.42. The lowest BCUT2D eigenvalue weighted by molar-refractivity contribution is -0.120. The van der Waals surface area contributed by atoms with Gasteiger partial charge in [0, 0.05) is 39.6 Å². The van der Waals surface area contributed by atoms with Gasteiger partial charge >= 0.3 is 0 Å². The molecule has 6 nitrogen and oxygen atoms in total. The highest BCUT2D eigenvalue weighted by Crippen LogP contribution is 2.43. The van der Waals surface area contributed by atoms with Crippen LogP contribution in [0, 0.1) is 27.7 Å². The third-order valence-electron chi connectivity index (χ3n) is 6.33. The van der Waals surface area contributed by atoms with Crippen LogP contribution in [0.1, 0.15) is 53.2 Å². The third-order valence-corrected chi connectivity index (χ3v) is 6.58. The molecule has 0 atom stereocenters. The molecule has 31 heavy (non-hydrogen) atoms. The number of rotatable bonds is 6. The van der Waals surface area contributed by atoms with Crippen molar-refractivity contribution in [2.24, 2.45) is 0 Å². The maximum absolute atomic E-state index is 12.8. The number of carbonyl (C=O) groups excluding carboxylic acids is 1. The summed E-state index contributed by atoms with van der Waals surface area (Å²) in [5.74, 6) is 0.549. The van der Waals surface area contributed by atoms with E-state index in [0.717, 1.165) is 46.2 Å². The molecule has 2 heterocycles. The smallest absolute Gasteiger partial charge is 0.251 e. The first-order valence-electron chi connectivity index (χ1n) is 10.7. The molecule has 3 aromatic rings. The number of hydrogen-bond donors (Lipinski definition) is 1. The van der Waals surface area contributed by atoms with Gasteiger partial charge in [-0.25, -0.2) is 14.6 Å². The minimum absolute atomic E-state index is 0.00679. The largest absolute Gasteiger partial charge is 0.355 e. The fraction of sp³-hybridized carbons (Fsp3) is 0.417. The van der Waals surface area contributed by atoms with Crippen LogP contribution in [0.5, 0.6) is 0 Å². The molecule has 1 amide bonds. The van der Waals surface area contributed by atoms with Crippen molar-refractivity contribution < 1.29 is 4.79 Å². The second-order valence-electron chi connectivity index (χ2n) is 8.61. The van der Waals surface area contributed by atoms with Gasteiger partial charge in [-0.15, -0.1) is 0 Å². The summed E-state index contributed by atoms with van der Waals surface area (Å²) in [6.07, 6.45) is 3.63. The van der Waals surface area contributed by atoms with Crippen molar-refractivity contribution >= 4 is 17.5 Å². The SMILES string of the molecule is Cc1cc(C)nc(-n2nc(C)c(CC(=O)NCC3(c4ccc(Cl)cc4)CCC3)c2C)n1. The summed E-state index contributed by atoms with van der Waals surface area (Å²) in [6.45, 7) is 8.41. The van der Waals surface area contributed by atoms with Crippen molar-refractivity contribution in [3.05, 3.63) is 69.3 Å². The average Bonchev–Trinajstić information content (AvgIpc) is 2.96. The number of aryl methyl sites for hydroxylation is 3. The van der Waals surface area contributed by atoms with E-state index in [9.17, 15) is 4.79 Å². The van der Waals surface area contributed by atoms with E-state index in [-0.39, 0.29) is 11.3 Å². The van der Waals surface area contributed by atoms with E-state index in [0.29, 0.717) is 18.9 Å². The Morgan fingerprint density at radius 3 is 2.32 bits per heavy atom. The Hall–Kier alpha value is -2.73. The van der Waals surface area contributed by atoms with Gasteiger partial charge in [-0.1, -0.05) is 30.2 Å². The van der Waals surface area contributed by atoms with Crippen molar-refractivity contribution in [1.29, 1.82) is 0 Å². The summed E-state index contributed by atoms with van der Waals surface area (Å²) >= 11 is 6.05. The van der Waals surface area contributed by atoms with Crippen molar-refractivity contribution in [2.75, 3.05) is 6.54 Å². The van der Waals surface area contributed by atoms with Gasteiger partial charge in [0.1, 0.15) is 0 Å². The number of hydrogen-bond acceptors (Lipinski definition) is 4. The average molecular weight is 438 g/mol. The molecule has 4 rings (SSSR count). The summed E-state index contributed by atoms with van der Waals surface area (Å²) in [4.78, 5) is 21.9. The molecule has 0 unspecified atom stereocenters. The van der Waals surface area contributed by atoms with Crippen molar-refractivity contribution in [3.8, 4) is 5.95 Å². The van der Waals surface area contributed by atoms with E-state index in [1.807, 2.05) is 45.9 Å². The van der Waals surface area contributed by atoms with Crippen LogP contribution >= 0.6 is 11.6 Å². The zero-order chi connectivity index (χ0) is 22.2. The normalized spacial score (nSPS) is 14.9. The summed E-state index contributed by atoms with van der Waals surface area (Å²) < 4.78 is 1.74. The summed E-state index contributed by atoms with van der Waals surface area (Å²) in [6, 6.07) is 9.94. The lowest BCUT2D eigenvalue weighted by Crippen LogP contribution is -2.46. The molecule has 0 saturated heterocycles. The molecule has 2 aromatic heterocycles. The standard InChI is InChI=1S/C24H28ClN5O/c1-15-12-16(2)28-23(27-15)30-18(4)21(17(3)29-30)13-22(31)26-14-24(10-5-11-24)19-6-8-20(25)9-7-19/h6-9,12H,5,10-11,13-14H2,1-4H3,(H,26,31). The predicted octanol–water partition coefficient (Wildman–Crippen LogP) is 4.33. The molecule has 1 aromatic carbocycles. The van der Waals surface area contributed by atoms with Gasteiger partial charge in [-0.05, 0) is 64.3 Å². The molecule has 0 radical (unpaired) electrons. The van der Waals surface area contributed by atoms with Gasteiger partial charge in [-0.2, -0.15) is 5.10 Å².